The number of amides is 1. The molecule has 3 aliphatic rings. The summed E-state index contributed by atoms with van der Waals surface area (Å²) in [5, 5.41) is 16.6. The normalized spacial score (nSPS) is 37.5. The largest absolute Gasteiger partial charge is 0.458 e. The van der Waals surface area contributed by atoms with E-state index in [2.05, 4.69) is 34.6 Å². The number of imidazole rings is 1. The van der Waals surface area contributed by atoms with Gasteiger partial charge in [-0.1, -0.05) is 27.7 Å². The van der Waals surface area contributed by atoms with E-state index in [4.69, 9.17) is 23.7 Å². The van der Waals surface area contributed by atoms with Crippen molar-refractivity contribution in [3.8, 4) is 11.3 Å². The first kappa shape index (κ1) is 46.6. The number of pyridine rings is 1. The van der Waals surface area contributed by atoms with E-state index in [-0.39, 0.29) is 30.0 Å². The molecule has 59 heavy (non-hydrogen) atoms. The average molecular weight is 828 g/mol. The number of nitrogens with zero attached hydrogens (tertiary/aromatic N) is 5. The highest BCUT2D eigenvalue weighted by atomic mass is 16.7. The molecule has 330 valence electrons. The Hall–Kier alpha value is -3.51. The molecule has 3 saturated heterocycles. The molecule has 0 spiro atoms. The molecule has 5 heterocycles. The number of aliphatic hydroxyl groups is 1. The lowest BCUT2D eigenvalue weighted by molar-refractivity contribution is -0.295. The summed E-state index contributed by atoms with van der Waals surface area (Å²) < 4.78 is 33.8. The molecule has 0 saturated carbocycles. The van der Waals surface area contributed by atoms with E-state index in [1.807, 2.05) is 76.6 Å². The summed E-state index contributed by atoms with van der Waals surface area (Å²) in [4.78, 5) is 53.1. The molecular weight excluding hydrogens is 759 g/mol. The third-order valence-electron chi connectivity index (χ3n) is 13.2. The molecule has 2 aromatic rings. The summed E-state index contributed by atoms with van der Waals surface area (Å²) in [7, 11) is 7.28. The lowest BCUT2D eigenvalue weighted by Crippen LogP contribution is -2.63. The van der Waals surface area contributed by atoms with Crippen molar-refractivity contribution in [3.05, 3.63) is 37.1 Å². The maximum atomic E-state index is 14.4. The fourth-order valence-corrected chi connectivity index (χ4v) is 9.89. The first-order valence-corrected chi connectivity index (χ1v) is 21.2. The minimum absolute atomic E-state index is 0.126. The van der Waals surface area contributed by atoms with Gasteiger partial charge >= 0.3 is 12.1 Å². The number of aliphatic hydroxyl groups excluding tert-OH is 1. The number of Topliss-reactive ketones (excluding diaryl/α,β-unsaturated/α-hetero) is 1. The van der Waals surface area contributed by atoms with Crippen LogP contribution in [0.25, 0.3) is 11.3 Å². The van der Waals surface area contributed by atoms with Gasteiger partial charge in [0.1, 0.15) is 18.1 Å². The van der Waals surface area contributed by atoms with Crippen LogP contribution in [0.5, 0.6) is 0 Å². The van der Waals surface area contributed by atoms with Crippen LogP contribution < -0.4 is 10.7 Å². The molecule has 14 atom stereocenters. The fraction of sp³-hybridized carbons (Fsp3) is 0.744. The smallest absolute Gasteiger partial charge is 0.425 e. The molecule has 0 radical (unpaired) electrons. The maximum absolute atomic E-state index is 14.4. The van der Waals surface area contributed by atoms with Crippen molar-refractivity contribution >= 4 is 17.8 Å². The molecule has 0 bridgehead atoms. The van der Waals surface area contributed by atoms with Crippen molar-refractivity contribution in [2.45, 2.75) is 148 Å². The van der Waals surface area contributed by atoms with Crippen molar-refractivity contribution in [1.82, 2.24) is 35.2 Å². The second-order valence-electron chi connectivity index (χ2n) is 17.6. The number of aryl methyl sites for hydroxylation is 1. The molecule has 1 amide bonds. The first-order valence-electron chi connectivity index (χ1n) is 21.2. The van der Waals surface area contributed by atoms with Gasteiger partial charge in [0.15, 0.2) is 17.7 Å². The second kappa shape index (κ2) is 19.5. The summed E-state index contributed by atoms with van der Waals surface area (Å²) in [5.41, 5.74) is 2.74. The lowest BCUT2D eigenvalue weighted by Gasteiger charge is -2.48. The van der Waals surface area contributed by atoms with Gasteiger partial charge in [0.25, 0.3) is 0 Å². The molecule has 5 rings (SSSR count). The Kier molecular flexibility index (Phi) is 15.4. The number of carbonyl (C=O) groups excluding carboxylic acids is 3. The topological polar surface area (TPSA) is 179 Å². The molecule has 3 N–H and O–H groups in total. The van der Waals surface area contributed by atoms with Crippen LogP contribution in [0, 0.1) is 23.7 Å². The Labute approximate surface area is 350 Å². The van der Waals surface area contributed by atoms with Gasteiger partial charge in [-0.15, -0.1) is 0 Å². The van der Waals surface area contributed by atoms with E-state index in [0.717, 1.165) is 11.3 Å². The number of carbonyl (C=O) groups is 3. The Balaban J connectivity index is 1.45. The van der Waals surface area contributed by atoms with E-state index in [0.29, 0.717) is 38.8 Å². The van der Waals surface area contributed by atoms with Gasteiger partial charge in [0.2, 0.25) is 0 Å². The molecule has 2 aromatic heterocycles. The minimum Gasteiger partial charge on any atom is -0.458 e. The summed E-state index contributed by atoms with van der Waals surface area (Å²) in [6.45, 7) is 16.1. The van der Waals surface area contributed by atoms with Crippen molar-refractivity contribution in [2.24, 2.45) is 23.7 Å². The van der Waals surface area contributed by atoms with Crippen LogP contribution >= 0.6 is 0 Å². The number of likely N-dealkylation sites (N-methyl/N-ethyl adjacent to an activating group) is 1. The Morgan fingerprint density at radius 1 is 1.12 bits per heavy atom. The maximum Gasteiger partial charge on any atom is 0.425 e. The summed E-state index contributed by atoms with van der Waals surface area (Å²) >= 11 is 0. The first-order chi connectivity index (χ1) is 27.9. The number of fused-ring (bicyclic) bond motifs is 1. The standard InChI is InChI=1S/C43H69N7O9/c1-13-33-43(8)37(50(41(54)59-43)47-18-15-19-49-23-31(46-24-49)30-16-14-17-45-22-30)27(4)34(44-9)25(2)21-42(7,55-12)38(28(5)35(51)29(6)39(53)57-33)58-40-36(52)32(48(10)11)20-26(3)56-40/h14,16-17,22-29,32-34,36-38,40,44,47,52H,13,15,18-21H2,1-12H3/t25-,26-,27-,28+,29-,32+,33+,34?,36-,37-,38-,40+,42+,43-/m1/s1. The Morgan fingerprint density at radius 2 is 1.85 bits per heavy atom. The fourth-order valence-electron chi connectivity index (χ4n) is 9.89. The van der Waals surface area contributed by atoms with Crippen LogP contribution in [0.2, 0.25) is 0 Å². The SMILES string of the molecule is CC[C@@H]1OC(=O)[C@H](C)C(=O)[C@H](C)[C@@H](O[C@@H]2O[C@H](C)C[C@H](N(C)C)[C@H]2O)[C@@](C)(OC)C[C@@H](C)C(NC)[C@@H](C)[C@H]2N(NCCCn3cnc(-c4cccnc4)c3)C(=O)O[C@]12C. The van der Waals surface area contributed by atoms with Crippen LogP contribution in [-0.4, -0.2) is 142 Å². The monoisotopic (exact) mass is 828 g/mol. The van der Waals surface area contributed by atoms with Crippen LogP contribution in [0.1, 0.15) is 81.1 Å². The second-order valence-corrected chi connectivity index (χ2v) is 17.6. The van der Waals surface area contributed by atoms with Crippen LogP contribution in [0.15, 0.2) is 37.1 Å². The number of rotatable bonds is 12. The van der Waals surface area contributed by atoms with Crippen LogP contribution in [0.3, 0.4) is 0 Å². The van der Waals surface area contributed by atoms with Crippen LogP contribution in [-0.2, 0) is 39.8 Å². The molecule has 1 unspecified atom stereocenters. The van der Waals surface area contributed by atoms with Gasteiger partial charge in [-0.3, -0.25) is 14.6 Å². The van der Waals surface area contributed by atoms with Gasteiger partial charge in [0, 0.05) is 62.4 Å². The van der Waals surface area contributed by atoms with Crippen molar-refractivity contribution in [1.29, 1.82) is 0 Å². The number of nitrogens with one attached hydrogen (secondary N) is 2. The van der Waals surface area contributed by atoms with Crippen molar-refractivity contribution in [3.63, 3.8) is 0 Å². The summed E-state index contributed by atoms with van der Waals surface area (Å²) in [5.74, 6) is -3.58. The van der Waals surface area contributed by atoms with Crippen LogP contribution in [0.4, 0.5) is 4.79 Å². The Morgan fingerprint density at radius 3 is 2.47 bits per heavy atom. The number of hydrazine groups is 1. The van der Waals surface area contributed by atoms with E-state index >= 15 is 0 Å². The molecule has 16 heteroatoms. The number of esters is 1. The lowest BCUT2D eigenvalue weighted by atomic mass is 9.71. The van der Waals surface area contributed by atoms with E-state index < -0.39 is 71.5 Å². The predicted octanol–water partition coefficient (Wildman–Crippen LogP) is 4.06. The van der Waals surface area contributed by atoms with E-state index in [1.54, 1.807) is 37.8 Å². The highest BCUT2D eigenvalue weighted by Gasteiger charge is 2.60. The summed E-state index contributed by atoms with van der Waals surface area (Å²) in [6.07, 6.45) is 4.60. The summed E-state index contributed by atoms with van der Waals surface area (Å²) in [6, 6.07) is 2.75. The van der Waals surface area contributed by atoms with Gasteiger partial charge in [0.05, 0.1) is 35.9 Å². The zero-order chi connectivity index (χ0) is 43.4. The highest BCUT2D eigenvalue weighted by Crippen LogP contribution is 2.43. The molecule has 16 nitrogen and oxygen atoms in total. The predicted molar refractivity (Wildman–Crippen MR) is 221 cm³/mol. The zero-order valence-electron chi connectivity index (χ0n) is 37.1. The number of aromatic nitrogens is 3. The molecular formula is C43H69N7O9. The number of ether oxygens (including phenoxy) is 5. The minimum atomic E-state index is -1.28. The number of cyclic esters (lactones) is 1. The molecule has 0 aliphatic carbocycles. The number of methoxy groups -OCH3 is 1. The third kappa shape index (κ3) is 9.84. The van der Waals surface area contributed by atoms with Gasteiger partial charge in [-0.2, -0.15) is 0 Å². The van der Waals surface area contributed by atoms with E-state index in [9.17, 15) is 19.5 Å². The quantitative estimate of drug-likeness (QED) is 0.159. The number of hydrogen-bond acceptors (Lipinski definition) is 14. The molecule has 3 aliphatic heterocycles. The molecule has 0 aromatic carbocycles. The Bertz CT molecular complexity index is 1710. The molecule has 3 fully saturated rings. The highest BCUT2D eigenvalue weighted by molar-refractivity contribution is 6.00. The van der Waals surface area contributed by atoms with Gasteiger partial charge in [-0.05, 0) is 98.5 Å². The van der Waals surface area contributed by atoms with Crippen molar-refractivity contribution in [2.75, 3.05) is 34.8 Å². The number of hydrogen-bond donors (Lipinski definition) is 3. The average Bonchev–Trinajstić information content (AvgIpc) is 3.79. The van der Waals surface area contributed by atoms with Crippen molar-refractivity contribution < 1.29 is 43.2 Å². The third-order valence-corrected chi connectivity index (χ3v) is 13.2. The number of ketones is 1. The van der Waals surface area contributed by atoms with Gasteiger partial charge < -0.3 is 43.6 Å². The van der Waals surface area contributed by atoms with Gasteiger partial charge in [-0.25, -0.2) is 20.2 Å². The zero-order valence-corrected chi connectivity index (χ0v) is 37.1. The van der Waals surface area contributed by atoms with E-state index in [1.165, 1.54) is 6.92 Å².